The summed E-state index contributed by atoms with van der Waals surface area (Å²) in [5.74, 6) is 1.22. The number of benzene rings is 1. The fourth-order valence-electron chi connectivity index (χ4n) is 1.75. The number of hydrogen-bond donors (Lipinski definition) is 2. The van der Waals surface area contributed by atoms with Crippen molar-refractivity contribution in [3.8, 4) is 5.75 Å². The number of aryl methyl sites for hydroxylation is 2. The van der Waals surface area contributed by atoms with E-state index in [0.717, 1.165) is 17.7 Å². The van der Waals surface area contributed by atoms with Gasteiger partial charge in [-0.25, -0.2) is 4.98 Å². The first-order valence-corrected chi connectivity index (χ1v) is 6.11. The van der Waals surface area contributed by atoms with E-state index in [1.54, 1.807) is 25.3 Å². The third-order valence-electron chi connectivity index (χ3n) is 2.80. The first-order valence-electron chi connectivity index (χ1n) is 6.11. The van der Waals surface area contributed by atoms with Crippen molar-refractivity contribution in [1.82, 2.24) is 10.3 Å². The maximum absolute atomic E-state index is 12.0. The van der Waals surface area contributed by atoms with Crippen LogP contribution in [0.25, 0.3) is 0 Å². The predicted octanol–water partition coefficient (Wildman–Crippen LogP) is 2.18. The van der Waals surface area contributed by atoms with Crippen molar-refractivity contribution in [2.45, 2.75) is 26.8 Å². The third-order valence-corrected chi connectivity index (χ3v) is 2.80. The normalized spacial score (nSPS) is 10.4. The molecule has 0 bridgehead atoms. The Morgan fingerprint density at radius 2 is 2.26 bits per heavy atom. The predicted molar refractivity (Wildman–Crippen MR) is 69.9 cm³/mol. The van der Waals surface area contributed by atoms with Crippen LogP contribution in [0.2, 0.25) is 0 Å². The average molecular weight is 260 g/mol. The van der Waals surface area contributed by atoms with Gasteiger partial charge in [0.1, 0.15) is 11.5 Å². The maximum atomic E-state index is 12.0. The van der Waals surface area contributed by atoms with Crippen molar-refractivity contribution >= 4 is 5.91 Å². The Bertz CT molecular complexity index is 590. The summed E-state index contributed by atoms with van der Waals surface area (Å²) in [4.78, 5) is 16.0. The van der Waals surface area contributed by atoms with Crippen molar-refractivity contribution in [2.24, 2.45) is 0 Å². The molecular formula is C14H16N2O3. The molecule has 0 spiro atoms. The van der Waals surface area contributed by atoms with Gasteiger partial charge < -0.3 is 14.8 Å². The number of carbonyl (C=O) groups is 1. The Balaban J connectivity index is 2.01. The summed E-state index contributed by atoms with van der Waals surface area (Å²) in [6.07, 6.45) is 2.44. The molecule has 0 fully saturated rings. The highest BCUT2D eigenvalue weighted by Crippen LogP contribution is 2.15. The van der Waals surface area contributed by atoms with Gasteiger partial charge in [-0.15, -0.1) is 0 Å². The molecule has 2 N–H and O–H groups in total. The molecule has 0 radical (unpaired) electrons. The van der Waals surface area contributed by atoms with E-state index in [4.69, 9.17) is 4.42 Å². The molecule has 0 saturated carbocycles. The van der Waals surface area contributed by atoms with Crippen molar-refractivity contribution < 1.29 is 14.3 Å². The number of aromatic nitrogens is 1. The highest BCUT2D eigenvalue weighted by atomic mass is 16.4. The molecule has 0 aliphatic rings. The van der Waals surface area contributed by atoms with Gasteiger partial charge in [0.2, 0.25) is 5.89 Å². The molecule has 0 aliphatic heterocycles. The quantitative estimate of drug-likeness (QED) is 0.883. The number of nitrogens with one attached hydrogen (secondary N) is 1. The zero-order chi connectivity index (χ0) is 13.8. The summed E-state index contributed by atoms with van der Waals surface area (Å²) in [5, 5.41) is 12.0. The van der Waals surface area contributed by atoms with Gasteiger partial charge in [0.05, 0.1) is 12.7 Å². The van der Waals surface area contributed by atoms with E-state index in [0.29, 0.717) is 11.5 Å². The second-order valence-corrected chi connectivity index (χ2v) is 4.26. The molecular weight excluding hydrogens is 244 g/mol. The summed E-state index contributed by atoms with van der Waals surface area (Å²) in [6, 6.07) is 4.63. The number of amides is 1. The standard InChI is InChI=1S/C14H16N2O3/c1-3-11-7-15-13(19-11)8-16-14(18)12-5-4-10(17)6-9(12)2/h4-7,17H,3,8H2,1-2H3,(H,16,18). The van der Waals surface area contributed by atoms with E-state index in [1.165, 1.54) is 6.07 Å². The van der Waals surface area contributed by atoms with Gasteiger partial charge in [0.25, 0.3) is 5.91 Å². The Morgan fingerprint density at radius 3 is 2.89 bits per heavy atom. The van der Waals surface area contributed by atoms with Gasteiger partial charge in [0.15, 0.2) is 0 Å². The highest BCUT2D eigenvalue weighted by molar-refractivity contribution is 5.95. The van der Waals surface area contributed by atoms with Gasteiger partial charge >= 0.3 is 0 Å². The van der Waals surface area contributed by atoms with Gasteiger partial charge in [-0.1, -0.05) is 6.92 Å². The number of carbonyl (C=O) groups excluding carboxylic acids is 1. The molecule has 100 valence electrons. The Labute approximate surface area is 111 Å². The number of rotatable bonds is 4. The number of nitrogens with zero attached hydrogens (tertiary/aromatic N) is 1. The molecule has 5 nitrogen and oxygen atoms in total. The SMILES string of the molecule is CCc1cnc(CNC(=O)c2ccc(O)cc2C)o1. The van der Waals surface area contributed by atoms with Crippen molar-refractivity contribution in [1.29, 1.82) is 0 Å². The highest BCUT2D eigenvalue weighted by Gasteiger charge is 2.10. The van der Waals surface area contributed by atoms with E-state index in [2.05, 4.69) is 10.3 Å². The summed E-state index contributed by atoms with van der Waals surface area (Å²) < 4.78 is 5.40. The lowest BCUT2D eigenvalue weighted by molar-refractivity contribution is 0.0946. The molecule has 1 aromatic carbocycles. The lowest BCUT2D eigenvalue weighted by Crippen LogP contribution is -2.23. The minimum atomic E-state index is -0.214. The summed E-state index contributed by atoms with van der Waals surface area (Å²) in [6.45, 7) is 4.00. The van der Waals surface area contributed by atoms with Crippen LogP contribution in [-0.4, -0.2) is 16.0 Å². The summed E-state index contributed by atoms with van der Waals surface area (Å²) in [5.41, 5.74) is 1.25. The lowest BCUT2D eigenvalue weighted by atomic mass is 10.1. The summed E-state index contributed by atoms with van der Waals surface area (Å²) >= 11 is 0. The van der Waals surface area contributed by atoms with Crippen LogP contribution in [0, 0.1) is 6.92 Å². The first kappa shape index (κ1) is 13.1. The number of phenolic OH excluding ortho intramolecular Hbond substituents is 1. The molecule has 0 atom stereocenters. The monoisotopic (exact) mass is 260 g/mol. The average Bonchev–Trinajstić information content (AvgIpc) is 2.84. The van der Waals surface area contributed by atoms with Crippen molar-refractivity contribution in [3.63, 3.8) is 0 Å². The Kier molecular flexibility index (Phi) is 3.85. The number of phenols is 1. The second-order valence-electron chi connectivity index (χ2n) is 4.26. The third kappa shape index (κ3) is 3.13. The zero-order valence-corrected chi connectivity index (χ0v) is 10.9. The largest absolute Gasteiger partial charge is 0.508 e. The van der Waals surface area contributed by atoms with Gasteiger partial charge in [-0.2, -0.15) is 0 Å². The smallest absolute Gasteiger partial charge is 0.251 e. The van der Waals surface area contributed by atoms with Gasteiger partial charge in [0, 0.05) is 12.0 Å². The van der Waals surface area contributed by atoms with Gasteiger partial charge in [-0.05, 0) is 30.7 Å². The fourth-order valence-corrected chi connectivity index (χ4v) is 1.75. The lowest BCUT2D eigenvalue weighted by Gasteiger charge is -2.06. The number of oxazole rings is 1. The topological polar surface area (TPSA) is 75.4 Å². The van der Waals surface area contributed by atoms with Crippen LogP contribution in [0.5, 0.6) is 5.75 Å². The molecule has 5 heteroatoms. The van der Waals surface area contributed by atoms with Gasteiger partial charge in [-0.3, -0.25) is 4.79 Å². The van der Waals surface area contributed by atoms with Crippen LogP contribution >= 0.6 is 0 Å². The van der Waals surface area contributed by atoms with E-state index in [9.17, 15) is 9.90 Å². The maximum Gasteiger partial charge on any atom is 0.251 e. The molecule has 1 aromatic heterocycles. The van der Waals surface area contributed by atoms with Crippen LogP contribution in [0.15, 0.2) is 28.8 Å². The minimum absolute atomic E-state index is 0.148. The molecule has 0 unspecified atom stereocenters. The van der Waals surface area contributed by atoms with Crippen LogP contribution in [-0.2, 0) is 13.0 Å². The molecule has 19 heavy (non-hydrogen) atoms. The molecule has 2 rings (SSSR count). The molecule has 0 aliphatic carbocycles. The number of aromatic hydroxyl groups is 1. The molecule has 1 amide bonds. The van der Waals surface area contributed by atoms with E-state index < -0.39 is 0 Å². The van der Waals surface area contributed by atoms with Crippen LogP contribution in [0.1, 0.15) is 34.5 Å². The van der Waals surface area contributed by atoms with E-state index in [1.807, 2.05) is 6.92 Å². The van der Waals surface area contributed by atoms with Crippen molar-refractivity contribution in [3.05, 3.63) is 47.2 Å². The summed E-state index contributed by atoms with van der Waals surface area (Å²) in [7, 11) is 0. The second kappa shape index (κ2) is 5.56. The molecule has 0 saturated heterocycles. The van der Waals surface area contributed by atoms with Crippen LogP contribution < -0.4 is 5.32 Å². The first-order chi connectivity index (χ1) is 9.10. The van der Waals surface area contributed by atoms with E-state index >= 15 is 0 Å². The minimum Gasteiger partial charge on any atom is -0.508 e. The van der Waals surface area contributed by atoms with Crippen LogP contribution in [0.4, 0.5) is 0 Å². The zero-order valence-electron chi connectivity index (χ0n) is 10.9. The molecule has 1 heterocycles. The van der Waals surface area contributed by atoms with E-state index in [-0.39, 0.29) is 18.2 Å². The number of hydrogen-bond acceptors (Lipinski definition) is 4. The molecule has 2 aromatic rings. The van der Waals surface area contributed by atoms with Crippen LogP contribution in [0.3, 0.4) is 0 Å². The Morgan fingerprint density at radius 1 is 1.47 bits per heavy atom. The van der Waals surface area contributed by atoms with Crippen molar-refractivity contribution in [2.75, 3.05) is 0 Å². The Hall–Kier alpha value is -2.30. The fraction of sp³-hybridized carbons (Fsp3) is 0.286.